The first-order chi connectivity index (χ1) is 17.6. The smallest absolute Gasteiger partial charge is 0.411 e. The van der Waals surface area contributed by atoms with Crippen LogP contribution in [0, 0.1) is 0 Å². The van der Waals surface area contributed by atoms with Crippen LogP contribution >= 0.6 is 0 Å². The van der Waals surface area contributed by atoms with E-state index < -0.39 is 17.4 Å². The Kier molecular flexibility index (Phi) is 6.62. The summed E-state index contributed by atoms with van der Waals surface area (Å²) < 4.78 is 19.2. The third-order valence-corrected chi connectivity index (χ3v) is 7.24. The molecule has 7 nitrogen and oxygen atoms in total. The van der Waals surface area contributed by atoms with Crippen LogP contribution in [0.1, 0.15) is 50.8 Å². The van der Waals surface area contributed by atoms with E-state index in [0.717, 1.165) is 22.3 Å². The Labute approximate surface area is 216 Å². The third-order valence-electron chi connectivity index (χ3n) is 7.24. The highest BCUT2D eigenvalue weighted by molar-refractivity contribution is 5.70. The van der Waals surface area contributed by atoms with Gasteiger partial charge in [0.25, 0.3) is 0 Å². The summed E-state index contributed by atoms with van der Waals surface area (Å²) in [6, 6.07) is 17.5. The molecule has 1 N–H and O–H groups in total. The van der Waals surface area contributed by atoms with Crippen LogP contribution in [-0.2, 0) is 10.3 Å². The molecule has 1 aromatic heterocycles. The highest BCUT2D eigenvalue weighted by Gasteiger charge is 2.46. The third kappa shape index (κ3) is 5.30. The van der Waals surface area contributed by atoms with Crippen LogP contribution in [0.5, 0.6) is 0 Å². The van der Waals surface area contributed by atoms with Crippen molar-refractivity contribution >= 4 is 12.0 Å². The van der Waals surface area contributed by atoms with Gasteiger partial charge >= 0.3 is 6.09 Å². The maximum Gasteiger partial charge on any atom is 0.411 e. The van der Waals surface area contributed by atoms with E-state index in [1.54, 1.807) is 31.1 Å². The van der Waals surface area contributed by atoms with E-state index in [9.17, 15) is 14.3 Å². The molecule has 2 fully saturated rings. The number of hydrogen-bond donors (Lipinski definition) is 1. The summed E-state index contributed by atoms with van der Waals surface area (Å²) in [4.78, 5) is 25.6. The zero-order valence-electron chi connectivity index (χ0n) is 21.5. The van der Waals surface area contributed by atoms with Crippen molar-refractivity contribution in [3.8, 4) is 11.1 Å². The quantitative estimate of drug-likeness (QED) is 0.473. The largest absolute Gasteiger partial charge is 0.438 e. The first-order valence-corrected chi connectivity index (χ1v) is 12.7. The molecule has 0 radical (unpaired) electrons. The fourth-order valence-corrected chi connectivity index (χ4v) is 5.25. The number of carbonyl (C=O) groups is 1. The van der Waals surface area contributed by atoms with E-state index in [-0.39, 0.29) is 12.1 Å². The van der Waals surface area contributed by atoms with Gasteiger partial charge in [-0.25, -0.2) is 19.2 Å². The molecule has 2 aliphatic rings. The number of cyclic esters (lactones) is 1. The summed E-state index contributed by atoms with van der Waals surface area (Å²) in [5, 5.41) is 10.6. The highest BCUT2D eigenvalue weighted by Crippen LogP contribution is 2.42. The van der Waals surface area contributed by atoms with Crippen LogP contribution < -0.4 is 4.90 Å². The minimum atomic E-state index is -0.993. The predicted octanol–water partition coefficient (Wildman–Crippen LogP) is 5.26. The number of aliphatic hydroxyl groups is 1. The Morgan fingerprint density at radius 3 is 2.30 bits per heavy atom. The normalized spacial score (nSPS) is 21.4. The molecular weight excluding hydrogens is 471 g/mol. The maximum absolute atomic E-state index is 13.3. The monoisotopic (exact) mass is 504 g/mol. The zero-order valence-corrected chi connectivity index (χ0v) is 21.5. The Morgan fingerprint density at radius 1 is 1.08 bits per heavy atom. The summed E-state index contributed by atoms with van der Waals surface area (Å²) >= 11 is 0. The van der Waals surface area contributed by atoms with Crippen molar-refractivity contribution < 1.29 is 19.0 Å². The lowest BCUT2D eigenvalue weighted by Crippen LogP contribution is -2.51. The molecule has 2 atom stereocenters. The topological polar surface area (TPSA) is 78.8 Å². The maximum atomic E-state index is 13.3. The first-order valence-electron chi connectivity index (χ1n) is 12.7. The van der Waals surface area contributed by atoms with Crippen LogP contribution in [0.15, 0.2) is 67.0 Å². The number of carbonyl (C=O) groups excluding carboxylic acids is 1. The van der Waals surface area contributed by atoms with Crippen LogP contribution in [0.4, 0.5) is 15.1 Å². The van der Waals surface area contributed by atoms with E-state index in [0.29, 0.717) is 38.4 Å². The van der Waals surface area contributed by atoms with Crippen LogP contribution in [-0.4, -0.2) is 57.5 Å². The van der Waals surface area contributed by atoms with Crippen molar-refractivity contribution in [3.63, 3.8) is 0 Å². The van der Waals surface area contributed by atoms with Gasteiger partial charge in [-0.05, 0) is 37.5 Å². The van der Waals surface area contributed by atoms with Crippen LogP contribution in [0.3, 0.4) is 0 Å². The molecule has 2 saturated heterocycles. The number of halogens is 1. The average molecular weight is 505 g/mol. The van der Waals surface area contributed by atoms with E-state index in [1.807, 2.05) is 66.4 Å². The minimum Gasteiger partial charge on any atom is -0.438 e. The van der Waals surface area contributed by atoms with Crippen molar-refractivity contribution in [1.82, 2.24) is 14.9 Å². The second-order valence-corrected chi connectivity index (χ2v) is 10.7. The molecule has 0 aliphatic carbocycles. The molecule has 37 heavy (non-hydrogen) atoms. The molecule has 3 heterocycles. The average Bonchev–Trinajstić information content (AvgIpc) is 2.86. The summed E-state index contributed by atoms with van der Waals surface area (Å²) in [7, 11) is 0. The summed E-state index contributed by atoms with van der Waals surface area (Å²) in [6.45, 7) is 6.67. The molecule has 2 aromatic carbocycles. The van der Waals surface area contributed by atoms with E-state index in [4.69, 9.17) is 4.74 Å². The van der Waals surface area contributed by atoms with E-state index in [2.05, 4.69) is 9.97 Å². The lowest BCUT2D eigenvalue weighted by molar-refractivity contribution is -0.101. The number of benzene rings is 2. The van der Waals surface area contributed by atoms with Crippen molar-refractivity contribution in [1.29, 1.82) is 0 Å². The van der Waals surface area contributed by atoms with Crippen molar-refractivity contribution in [2.24, 2.45) is 0 Å². The van der Waals surface area contributed by atoms with Gasteiger partial charge in [0.15, 0.2) is 0 Å². The zero-order chi connectivity index (χ0) is 26.2. The van der Waals surface area contributed by atoms with Gasteiger partial charge in [-0.3, -0.25) is 0 Å². The molecule has 0 spiro atoms. The Morgan fingerprint density at radius 2 is 1.73 bits per heavy atom. The fourth-order valence-electron chi connectivity index (χ4n) is 5.25. The Balaban J connectivity index is 1.28. The van der Waals surface area contributed by atoms with Crippen molar-refractivity contribution in [2.75, 3.05) is 24.5 Å². The van der Waals surface area contributed by atoms with Crippen LogP contribution in [0.2, 0.25) is 0 Å². The standard InChI is InChI=1S/C29H33FN4O3/c1-20(21-9-11-22(12-10-21)23-15-31-26(32-16-23)33-17-25(30)18-33)34-14-13-29(37-27(34)35,19-28(2,3)36)24-7-5-4-6-8-24/h4-12,15-16,20,25,36H,13-14,17-19H2,1-3H3/t20-,29?/m0/s1. The summed E-state index contributed by atoms with van der Waals surface area (Å²) in [5.41, 5.74) is 1.86. The summed E-state index contributed by atoms with van der Waals surface area (Å²) in [5.74, 6) is 0.544. The van der Waals surface area contributed by atoms with E-state index in [1.165, 1.54) is 0 Å². The van der Waals surface area contributed by atoms with E-state index >= 15 is 0 Å². The van der Waals surface area contributed by atoms with Gasteiger partial charge in [-0.1, -0.05) is 54.6 Å². The van der Waals surface area contributed by atoms with Crippen molar-refractivity contribution in [3.05, 3.63) is 78.1 Å². The molecular formula is C29H33FN4O3. The second-order valence-electron chi connectivity index (χ2n) is 10.7. The lowest BCUT2D eigenvalue weighted by atomic mass is 9.80. The minimum absolute atomic E-state index is 0.184. The van der Waals surface area contributed by atoms with Gasteiger partial charge in [-0.15, -0.1) is 0 Å². The van der Waals surface area contributed by atoms with Gasteiger partial charge in [0.1, 0.15) is 11.8 Å². The number of ether oxygens (including phenoxy) is 1. The number of anilines is 1. The molecule has 8 heteroatoms. The van der Waals surface area contributed by atoms with Crippen molar-refractivity contribution in [2.45, 2.75) is 57.0 Å². The van der Waals surface area contributed by atoms with Gasteiger partial charge < -0.3 is 19.6 Å². The fraction of sp³-hybridized carbons (Fsp3) is 0.414. The van der Waals surface area contributed by atoms with Gasteiger partial charge in [0.05, 0.1) is 24.7 Å². The number of hydrogen-bond acceptors (Lipinski definition) is 6. The number of nitrogens with zero attached hydrogens (tertiary/aromatic N) is 4. The van der Waals surface area contributed by atoms with Gasteiger partial charge in [-0.2, -0.15) is 0 Å². The number of aromatic nitrogens is 2. The SMILES string of the molecule is C[C@@H](c1ccc(-c2cnc(N3CC(F)C3)nc2)cc1)N1CCC(CC(C)(C)O)(c2ccccc2)OC1=O. The summed E-state index contributed by atoms with van der Waals surface area (Å²) in [6.07, 6.45) is 3.21. The molecule has 0 saturated carbocycles. The molecule has 0 bridgehead atoms. The molecule has 5 rings (SSSR count). The number of rotatable bonds is 7. The predicted molar refractivity (Wildman–Crippen MR) is 140 cm³/mol. The molecule has 1 unspecified atom stereocenters. The second kappa shape index (κ2) is 9.74. The first kappa shape index (κ1) is 25.1. The molecule has 3 aromatic rings. The Hall–Kier alpha value is -3.52. The lowest BCUT2D eigenvalue weighted by Gasteiger charge is -2.45. The molecule has 2 aliphatic heterocycles. The molecule has 194 valence electrons. The van der Waals surface area contributed by atoms with Gasteiger partial charge in [0, 0.05) is 37.3 Å². The number of alkyl halides is 1. The van der Waals surface area contributed by atoms with Gasteiger partial charge in [0.2, 0.25) is 5.95 Å². The highest BCUT2D eigenvalue weighted by atomic mass is 19.1. The van der Waals surface area contributed by atoms with Crippen LogP contribution in [0.25, 0.3) is 11.1 Å². The number of amides is 1. The molecule has 1 amide bonds. The Bertz CT molecular complexity index is 1220.